The maximum Gasteiger partial charge on any atom is 0.245 e. The summed E-state index contributed by atoms with van der Waals surface area (Å²) in [6.07, 6.45) is 2.79. The number of carbonyl (C=O) groups is 2. The Hall–Kier alpha value is -2.00. The van der Waals surface area contributed by atoms with Gasteiger partial charge in [-0.3, -0.25) is 9.59 Å². The van der Waals surface area contributed by atoms with Gasteiger partial charge < -0.3 is 9.80 Å². The van der Waals surface area contributed by atoms with Crippen LogP contribution in [0.3, 0.4) is 0 Å². The van der Waals surface area contributed by atoms with Crippen LogP contribution < -0.4 is 0 Å². The maximum atomic E-state index is 13.1. The number of nitrogens with zero attached hydrogens (tertiary/aromatic N) is 3. The van der Waals surface area contributed by atoms with Crippen LogP contribution in [0, 0.1) is 5.82 Å². The lowest BCUT2D eigenvalue weighted by Gasteiger charge is -2.40. The molecule has 0 aromatic heterocycles. The standard InChI is InChI=1S/C18H24FN3O4S/c1-27(25,26)21-11-9-20(10-12-21)18(24)16-3-2-4-17(23)22(16)13-14-5-7-15(19)8-6-14/h5-8,16H,2-4,9-13H2,1H3. The van der Waals surface area contributed by atoms with E-state index in [9.17, 15) is 22.4 Å². The van der Waals surface area contributed by atoms with Crippen molar-refractivity contribution in [3.05, 3.63) is 35.6 Å². The van der Waals surface area contributed by atoms with Crippen molar-refractivity contribution in [2.45, 2.75) is 31.8 Å². The van der Waals surface area contributed by atoms with Gasteiger partial charge in [0.25, 0.3) is 0 Å². The number of hydrogen-bond acceptors (Lipinski definition) is 4. The lowest BCUT2D eigenvalue weighted by Crippen LogP contribution is -2.57. The zero-order chi connectivity index (χ0) is 19.6. The second kappa shape index (κ2) is 7.93. The monoisotopic (exact) mass is 397 g/mol. The first-order valence-corrected chi connectivity index (χ1v) is 10.9. The van der Waals surface area contributed by atoms with Gasteiger partial charge in [-0.05, 0) is 30.5 Å². The van der Waals surface area contributed by atoms with E-state index in [0.29, 0.717) is 32.4 Å². The number of benzene rings is 1. The SMILES string of the molecule is CS(=O)(=O)N1CCN(C(=O)C2CCCC(=O)N2Cc2ccc(F)cc2)CC1. The van der Waals surface area contributed by atoms with Crippen LogP contribution >= 0.6 is 0 Å². The van der Waals surface area contributed by atoms with Crippen molar-refractivity contribution in [3.63, 3.8) is 0 Å². The highest BCUT2D eigenvalue weighted by atomic mass is 32.2. The molecule has 0 radical (unpaired) electrons. The summed E-state index contributed by atoms with van der Waals surface area (Å²) in [4.78, 5) is 28.7. The third-order valence-electron chi connectivity index (χ3n) is 5.14. The fraction of sp³-hybridized carbons (Fsp3) is 0.556. The van der Waals surface area contributed by atoms with Crippen LogP contribution in [0.15, 0.2) is 24.3 Å². The van der Waals surface area contributed by atoms with E-state index in [1.165, 1.54) is 16.4 Å². The first-order chi connectivity index (χ1) is 12.8. The lowest BCUT2D eigenvalue weighted by atomic mass is 9.99. The van der Waals surface area contributed by atoms with Crippen molar-refractivity contribution >= 4 is 21.8 Å². The molecule has 0 N–H and O–H groups in total. The summed E-state index contributed by atoms with van der Waals surface area (Å²) in [5.74, 6) is -0.572. The van der Waals surface area contributed by atoms with Crippen LogP contribution in [-0.2, 0) is 26.2 Å². The summed E-state index contributed by atoms with van der Waals surface area (Å²) in [5.41, 5.74) is 0.770. The van der Waals surface area contributed by atoms with E-state index in [-0.39, 0.29) is 37.3 Å². The molecule has 0 spiro atoms. The molecule has 0 saturated carbocycles. The minimum absolute atomic E-state index is 0.0845. The molecule has 2 aliphatic rings. The second-order valence-corrected chi connectivity index (χ2v) is 9.03. The highest BCUT2D eigenvalue weighted by Crippen LogP contribution is 2.23. The van der Waals surface area contributed by atoms with Gasteiger partial charge in [0, 0.05) is 39.1 Å². The van der Waals surface area contributed by atoms with Crippen LogP contribution in [0.25, 0.3) is 0 Å². The van der Waals surface area contributed by atoms with E-state index in [1.54, 1.807) is 21.9 Å². The van der Waals surface area contributed by atoms with Gasteiger partial charge in [-0.1, -0.05) is 12.1 Å². The Morgan fingerprint density at radius 1 is 1.15 bits per heavy atom. The molecule has 2 amide bonds. The molecule has 2 aliphatic heterocycles. The number of piperidine rings is 1. The van der Waals surface area contributed by atoms with Gasteiger partial charge in [-0.25, -0.2) is 12.8 Å². The third kappa shape index (κ3) is 4.65. The molecule has 2 fully saturated rings. The molecule has 9 heteroatoms. The van der Waals surface area contributed by atoms with E-state index in [0.717, 1.165) is 11.8 Å². The maximum absolute atomic E-state index is 13.1. The summed E-state index contributed by atoms with van der Waals surface area (Å²) in [6, 6.07) is 5.35. The Morgan fingerprint density at radius 3 is 2.37 bits per heavy atom. The van der Waals surface area contributed by atoms with Crippen LogP contribution in [0.5, 0.6) is 0 Å². The zero-order valence-corrected chi connectivity index (χ0v) is 16.1. The smallest absolute Gasteiger partial charge is 0.245 e. The molecule has 148 valence electrons. The van der Waals surface area contributed by atoms with Gasteiger partial charge in [-0.2, -0.15) is 4.31 Å². The van der Waals surface area contributed by atoms with E-state index in [1.807, 2.05) is 0 Å². The molecular weight excluding hydrogens is 373 g/mol. The highest BCUT2D eigenvalue weighted by molar-refractivity contribution is 7.88. The Bertz CT molecular complexity index is 804. The molecule has 1 atom stereocenters. The van der Waals surface area contributed by atoms with E-state index >= 15 is 0 Å². The average Bonchev–Trinajstić information content (AvgIpc) is 2.64. The molecule has 0 bridgehead atoms. The van der Waals surface area contributed by atoms with Crippen LogP contribution in [0.2, 0.25) is 0 Å². The molecule has 27 heavy (non-hydrogen) atoms. The molecule has 7 nitrogen and oxygen atoms in total. The number of likely N-dealkylation sites (tertiary alicyclic amines) is 1. The lowest BCUT2D eigenvalue weighted by molar-refractivity contribution is -0.150. The molecule has 2 saturated heterocycles. The topological polar surface area (TPSA) is 78.0 Å². The Morgan fingerprint density at radius 2 is 1.78 bits per heavy atom. The summed E-state index contributed by atoms with van der Waals surface area (Å²) >= 11 is 0. The minimum Gasteiger partial charge on any atom is -0.338 e. The number of hydrogen-bond donors (Lipinski definition) is 0. The van der Waals surface area contributed by atoms with Crippen molar-refractivity contribution in [2.75, 3.05) is 32.4 Å². The number of carbonyl (C=O) groups excluding carboxylic acids is 2. The third-order valence-corrected chi connectivity index (χ3v) is 6.44. The molecule has 0 aliphatic carbocycles. The average molecular weight is 397 g/mol. The number of amides is 2. The summed E-state index contributed by atoms with van der Waals surface area (Å²) in [6.45, 7) is 1.44. The number of rotatable bonds is 4. The Balaban J connectivity index is 1.70. The van der Waals surface area contributed by atoms with Crippen molar-refractivity contribution < 1.29 is 22.4 Å². The van der Waals surface area contributed by atoms with Gasteiger partial charge in [0.05, 0.1) is 6.26 Å². The predicted molar refractivity (Wildman–Crippen MR) is 97.6 cm³/mol. The minimum atomic E-state index is -3.26. The zero-order valence-electron chi connectivity index (χ0n) is 15.3. The van der Waals surface area contributed by atoms with E-state index in [2.05, 4.69) is 0 Å². The Labute approximate surface area is 158 Å². The predicted octanol–water partition coefficient (Wildman–Crippen LogP) is 0.811. The van der Waals surface area contributed by atoms with Crippen molar-refractivity contribution in [2.24, 2.45) is 0 Å². The molecule has 1 aromatic rings. The van der Waals surface area contributed by atoms with Gasteiger partial charge in [0.15, 0.2) is 0 Å². The Kier molecular flexibility index (Phi) is 5.81. The fourth-order valence-electron chi connectivity index (χ4n) is 3.61. The molecule has 3 rings (SSSR count). The summed E-state index contributed by atoms with van der Waals surface area (Å²) in [7, 11) is -3.26. The number of sulfonamides is 1. The van der Waals surface area contributed by atoms with Crippen molar-refractivity contribution in [1.29, 1.82) is 0 Å². The second-order valence-electron chi connectivity index (χ2n) is 7.04. The van der Waals surface area contributed by atoms with Gasteiger partial charge in [0.1, 0.15) is 11.9 Å². The van der Waals surface area contributed by atoms with E-state index < -0.39 is 16.1 Å². The van der Waals surface area contributed by atoms with Crippen LogP contribution in [0.4, 0.5) is 4.39 Å². The van der Waals surface area contributed by atoms with E-state index in [4.69, 9.17) is 0 Å². The first kappa shape index (κ1) is 19.8. The molecular formula is C18H24FN3O4S. The van der Waals surface area contributed by atoms with Gasteiger partial charge in [-0.15, -0.1) is 0 Å². The summed E-state index contributed by atoms with van der Waals surface area (Å²) in [5, 5.41) is 0. The molecule has 1 unspecified atom stereocenters. The van der Waals surface area contributed by atoms with Crippen LogP contribution in [-0.4, -0.2) is 72.8 Å². The first-order valence-electron chi connectivity index (χ1n) is 9.03. The normalized spacial score (nSPS) is 22.1. The van der Waals surface area contributed by atoms with Crippen molar-refractivity contribution in [1.82, 2.24) is 14.1 Å². The molecule has 2 heterocycles. The van der Waals surface area contributed by atoms with Crippen LogP contribution in [0.1, 0.15) is 24.8 Å². The largest absolute Gasteiger partial charge is 0.338 e. The fourth-order valence-corrected chi connectivity index (χ4v) is 4.44. The molecule has 1 aromatic carbocycles. The van der Waals surface area contributed by atoms with Crippen molar-refractivity contribution in [3.8, 4) is 0 Å². The highest BCUT2D eigenvalue weighted by Gasteiger charge is 2.37. The number of piperazine rings is 1. The summed E-state index contributed by atoms with van der Waals surface area (Å²) < 4.78 is 37.7. The van der Waals surface area contributed by atoms with Gasteiger partial charge >= 0.3 is 0 Å². The number of halogens is 1. The quantitative estimate of drug-likeness (QED) is 0.753. The van der Waals surface area contributed by atoms with Gasteiger partial charge in [0.2, 0.25) is 21.8 Å².